The summed E-state index contributed by atoms with van der Waals surface area (Å²) in [6.07, 6.45) is 3.42. The number of ether oxygens (including phenoxy) is 2. The molecule has 8 nitrogen and oxygen atoms in total. The smallest absolute Gasteiger partial charge is 0.387 e. The number of alkyl halides is 2. The van der Waals surface area contributed by atoms with E-state index in [-0.39, 0.29) is 30.0 Å². The van der Waals surface area contributed by atoms with Crippen molar-refractivity contribution in [2.45, 2.75) is 58.5 Å². The second-order valence-electron chi connectivity index (χ2n) is 10.0. The maximum Gasteiger partial charge on any atom is 0.387 e. The molecule has 46 heavy (non-hydrogen) atoms. The van der Waals surface area contributed by atoms with E-state index >= 15 is 0 Å². The van der Waals surface area contributed by atoms with E-state index in [1.54, 1.807) is 0 Å². The first kappa shape index (κ1) is 40.0. The Morgan fingerprint density at radius 2 is 1.59 bits per heavy atom. The molecule has 1 aromatic heterocycles. The first-order chi connectivity index (χ1) is 22.1. The minimum Gasteiger partial charge on any atom is -0.497 e. The van der Waals surface area contributed by atoms with Crippen molar-refractivity contribution in [2.75, 3.05) is 45.7 Å². The van der Waals surface area contributed by atoms with Crippen LogP contribution in [0.1, 0.15) is 72.1 Å². The van der Waals surface area contributed by atoms with Gasteiger partial charge >= 0.3 is 6.61 Å². The van der Waals surface area contributed by atoms with Crippen molar-refractivity contribution in [1.82, 2.24) is 10.3 Å². The molecule has 0 saturated carbocycles. The third-order valence-corrected chi connectivity index (χ3v) is 6.94. The number of carbonyl (C=O) groups excluding carboxylic acids is 2. The topological polar surface area (TPSA) is 107 Å². The molecule has 1 fully saturated rings. The first-order valence-electron chi connectivity index (χ1n) is 15.1. The van der Waals surface area contributed by atoms with E-state index < -0.39 is 24.2 Å². The van der Waals surface area contributed by atoms with Crippen molar-refractivity contribution in [2.24, 2.45) is 5.73 Å². The number of rotatable bonds is 11. The van der Waals surface area contributed by atoms with Crippen LogP contribution in [0.2, 0.25) is 0 Å². The normalized spacial score (nSPS) is 13.0. The number of halogens is 4. The van der Waals surface area contributed by atoms with Crippen molar-refractivity contribution in [1.29, 1.82) is 0 Å². The van der Waals surface area contributed by atoms with Gasteiger partial charge in [-0.15, -0.1) is 0 Å². The van der Waals surface area contributed by atoms with Gasteiger partial charge in [-0.25, -0.2) is 13.8 Å². The summed E-state index contributed by atoms with van der Waals surface area (Å²) in [5.41, 5.74) is 6.97. The molecule has 1 saturated heterocycles. The number of nitrogens with two attached hydrogens (primary N) is 1. The summed E-state index contributed by atoms with van der Waals surface area (Å²) in [4.78, 5) is 28.1. The number of carbonyl (C=O) groups is 2. The van der Waals surface area contributed by atoms with E-state index in [1.165, 1.54) is 38.4 Å². The predicted octanol–water partition coefficient (Wildman–Crippen LogP) is 6.65. The Morgan fingerprint density at radius 1 is 1.00 bits per heavy atom. The number of pyridine rings is 1. The third kappa shape index (κ3) is 12.8. The molecule has 1 aliphatic rings. The van der Waals surface area contributed by atoms with Gasteiger partial charge in [0.2, 0.25) is 0 Å². The largest absolute Gasteiger partial charge is 0.497 e. The molecule has 0 aliphatic carbocycles. The van der Waals surface area contributed by atoms with Crippen molar-refractivity contribution in [3.05, 3.63) is 82.5 Å². The highest BCUT2D eigenvalue weighted by Gasteiger charge is 2.24. The summed E-state index contributed by atoms with van der Waals surface area (Å²) in [6, 6.07) is 11.8. The zero-order valence-electron chi connectivity index (χ0n) is 27.4. The molecule has 2 heterocycles. The maximum absolute atomic E-state index is 14.6. The summed E-state index contributed by atoms with van der Waals surface area (Å²) in [7, 11) is 4.69. The molecule has 0 amide bonds. The Balaban J connectivity index is 0.000000552. The van der Waals surface area contributed by atoms with Gasteiger partial charge < -0.3 is 30.2 Å². The molecule has 4 rings (SSSR count). The Bertz CT molecular complexity index is 1300. The molecule has 1 unspecified atom stereocenters. The average molecular weight is 651 g/mol. The molecule has 1 aliphatic heterocycles. The fraction of sp³-hybridized carbons (Fsp3) is 0.441. The highest BCUT2D eigenvalue weighted by Crippen LogP contribution is 2.31. The molecular formula is C34H46F4N4O4. The molecule has 3 aromatic rings. The Hall–Kier alpha value is -4.03. The Labute approximate surface area is 269 Å². The maximum atomic E-state index is 14.6. The van der Waals surface area contributed by atoms with E-state index in [2.05, 4.69) is 21.9 Å². The fourth-order valence-electron chi connectivity index (χ4n) is 4.82. The molecular weight excluding hydrogens is 604 g/mol. The van der Waals surface area contributed by atoms with Crippen LogP contribution in [0.4, 0.5) is 23.4 Å². The summed E-state index contributed by atoms with van der Waals surface area (Å²) in [5, 5.41) is 3.36. The molecule has 0 bridgehead atoms. The van der Waals surface area contributed by atoms with Crippen LogP contribution in [-0.4, -0.2) is 65.0 Å². The molecule has 1 atom stereocenters. The second kappa shape index (κ2) is 21.7. The van der Waals surface area contributed by atoms with Crippen LogP contribution >= 0.6 is 0 Å². The van der Waals surface area contributed by atoms with Crippen molar-refractivity contribution < 1.29 is 36.6 Å². The van der Waals surface area contributed by atoms with Gasteiger partial charge in [-0.1, -0.05) is 13.8 Å². The van der Waals surface area contributed by atoms with Gasteiger partial charge in [0.15, 0.2) is 0 Å². The lowest BCUT2D eigenvalue weighted by Gasteiger charge is -2.27. The van der Waals surface area contributed by atoms with Gasteiger partial charge in [0, 0.05) is 60.8 Å². The zero-order valence-corrected chi connectivity index (χ0v) is 27.4. The molecule has 0 radical (unpaired) electrons. The number of aldehydes is 2. The molecule has 2 aromatic carbocycles. The Kier molecular flexibility index (Phi) is 18.8. The third-order valence-electron chi connectivity index (χ3n) is 6.94. The van der Waals surface area contributed by atoms with Gasteiger partial charge in [0.05, 0.1) is 7.11 Å². The molecule has 0 spiro atoms. The monoisotopic (exact) mass is 650 g/mol. The average Bonchev–Trinajstić information content (AvgIpc) is 3.06. The van der Waals surface area contributed by atoms with E-state index in [0.29, 0.717) is 24.1 Å². The number of hydrogen-bond acceptors (Lipinski definition) is 8. The summed E-state index contributed by atoms with van der Waals surface area (Å²) in [5.74, 6) is -0.744. The van der Waals surface area contributed by atoms with E-state index in [1.807, 2.05) is 38.8 Å². The number of aromatic nitrogens is 1. The molecule has 12 heteroatoms. The van der Waals surface area contributed by atoms with E-state index in [0.717, 1.165) is 55.1 Å². The number of nitrogens with one attached hydrogen (secondary N) is 1. The number of methoxy groups -OCH3 is 1. The van der Waals surface area contributed by atoms with Gasteiger partial charge in [0.1, 0.15) is 41.5 Å². The quantitative estimate of drug-likeness (QED) is 0.176. The van der Waals surface area contributed by atoms with Crippen LogP contribution in [0, 0.1) is 18.6 Å². The molecule has 3 N–H and O–H groups in total. The van der Waals surface area contributed by atoms with E-state index in [4.69, 9.17) is 9.72 Å². The van der Waals surface area contributed by atoms with Crippen LogP contribution in [0.15, 0.2) is 48.5 Å². The van der Waals surface area contributed by atoms with E-state index in [9.17, 15) is 27.2 Å². The first-order valence-corrected chi connectivity index (χ1v) is 15.1. The number of nitrogens with zero attached hydrogens (tertiary/aromatic N) is 2. The van der Waals surface area contributed by atoms with Crippen LogP contribution in [0.3, 0.4) is 0 Å². The van der Waals surface area contributed by atoms with Crippen molar-refractivity contribution in [3.63, 3.8) is 0 Å². The lowest BCUT2D eigenvalue weighted by atomic mass is 9.93. The van der Waals surface area contributed by atoms with Gasteiger partial charge in [-0.3, -0.25) is 4.79 Å². The van der Waals surface area contributed by atoms with Crippen LogP contribution in [0.5, 0.6) is 11.5 Å². The number of likely N-dealkylation sites (N-methyl/N-ethyl adjacent to an activating group) is 1. The Morgan fingerprint density at radius 3 is 2.09 bits per heavy atom. The lowest BCUT2D eigenvalue weighted by molar-refractivity contribution is -0.108. The number of hydrogen-bond donors (Lipinski definition) is 2. The predicted molar refractivity (Wildman–Crippen MR) is 173 cm³/mol. The summed E-state index contributed by atoms with van der Waals surface area (Å²) in [6.45, 7) is 5.41. The SMILES string of the molecule is CC.CN.COc1cc(F)c(C(CC=O)CN(C)c2cc(C)cc(C3CCNCC3)n2)c(F)c1.O=Cc1ccc(OC(F)F)cc1. The van der Waals surface area contributed by atoms with Crippen molar-refractivity contribution in [3.8, 4) is 11.5 Å². The number of aryl methyl sites for hydroxylation is 1. The van der Waals surface area contributed by atoms with Crippen LogP contribution < -0.4 is 25.4 Å². The number of piperidine rings is 1. The number of anilines is 1. The van der Waals surface area contributed by atoms with Gasteiger partial charge in [-0.2, -0.15) is 8.78 Å². The van der Waals surface area contributed by atoms with Crippen LogP contribution in [0.25, 0.3) is 0 Å². The fourth-order valence-corrected chi connectivity index (χ4v) is 4.82. The number of benzene rings is 2. The lowest BCUT2D eigenvalue weighted by Crippen LogP contribution is -2.29. The summed E-state index contributed by atoms with van der Waals surface area (Å²) < 4.78 is 61.5. The zero-order chi connectivity index (χ0) is 34.6. The minimum absolute atomic E-state index is 0.0114. The highest BCUT2D eigenvalue weighted by molar-refractivity contribution is 5.74. The van der Waals surface area contributed by atoms with Crippen molar-refractivity contribution >= 4 is 18.4 Å². The van der Waals surface area contributed by atoms with Crippen LogP contribution in [-0.2, 0) is 4.79 Å². The summed E-state index contributed by atoms with van der Waals surface area (Å²) >= 11 is 0. The van der Waals surface area contributed by atoms with Gasteiger partial charge in [-0.05, 0) is 81.9 Å². The highest BCUT2D eigenvalue weighted by atomic mass is 19.3. The second-order valence-corrected chi connectivity index (χ2v) is 10.0. The minimum atomic E-state index is -2.83. The molecule has 254 valence electrons. The van der Waals surface area contributed by atoms with Gasteiger partial charge in [0.25, 0.3) is 0 Å². The standard InChI is InChI=1S/C23H29F2N3O2.C8H6F2O2.C2H6.CH5N/c1-15-10-21(16-4-7-26-8-5-16)27-22(11-15)28(2)14-17(6-9-29)23-19(24)12-18(30-3)13-20(23)25;9-8(10)12-7-3-1-6(5-11)2-4-7;2*1-2/h9-13,16-17,26H,4-8,14H2,1-3H3;1-5,8H;1-2H3;2H2,1H3.